The molecule has 0 amide bonds. The van der Waals surface area contributed by atoms with Crippen LogP contribution in [0.15, 0.2) is 0 Å². The summed E-state index contributed by atoms with van der Waals surface area (Å²) in [5.74, 6) is -1.59. The number of carboxylic acids is 1. The van der Waals surface area contributed by atoms with Crippen LogP contribution < -0.4 is 0 Å². The number of rotatable bonds is 20. The lowest BCUT2D eigenvalue weighted by atomic mass is 9.84. The molecule has 172 valence electrons. The molecule has 2 unspecified atom stereocenters. The highest BCUT2D eigenvalue weighted by Crippen LogP contribution is 2.29. The van der Waals surface area contributed by atoms with Crippen molar-refractivity contribution in [2.75, 3.05) is 4.43 Å². The zero-order valence-electron chi connectivity index (χ0n) is 19.1. The molecule has 0 aliphatic rings. The Balaban J connectivity index is 4.68. The van der Waals surface area contributed by atoms with Gasteiger partial charge >= 0.3 is 11.9 Å². The van der Waals surface area contributed by atoms with Crippen molar-refractivity contribution in [2.24, 2.45) is 5.41 Å². The van der Waals surface area contributed by atoms with Gasteiger partial charge in [0.25, 0.3) is 0 Å². The first kappa shape index (κ1) is 28.7. The zero-order valence-corrected chi connectivity index (χ0v) is 21.3. The lowest BCUT2D eigenvalue weighted by Crippen LogP contribution is -2.40. The van der Waals surface area contributed by atoms with Gasteiger partial charge in [0.1, 0.15) is 6.10 Å². The van der Waals surface area contributed by atoms with Crippen molar-refractivity contribution in [3.63, 3.8) is 0 Å². The van der Waals surface area contributed by atoms with Gasteiger partial charge in [-0.25, -0.2) is 0 Å². The van der Waals surface area contributed by atoms with E-state index in [1.165, 1.54) is 25.7 Å². The van der Waals surface area contributed by atoms with Crippen molar-refractivity contribution in [1.82, 2.24) is 0 Å². The van der Waals surface area contributed by atoms with E-state index >= 15 is 0 Å². The fourth-order valence-corrected chi connectivity index (χ4v) is 4.08. The van der Waals surface area contributed by atoms with Gasteiger partial charge < -0.3 is 9.84 Å². The summed E-state index contributed by atoms with van der Waals surface area (Å²) in [6.45, 7) is 5.92. The smallest absolute Gasteiger partial charge is 0.323 e. The third-order valence-corrected chi connectivity index (χ3v) is 6.53. The average molecular weight is 525 g/mol. The number of carbonyl (C=O) groups excluding carboxylic acids is 1. The highest BCUT2D eigenvalue weighted by molar-refractivity contribution is 14.1. The highest BCUT2D eigenvalue weighted by Gasteiger charge is 2.43. The predicted octanol–water partition coefficient (Wildman–Crippen LogP) is 7.71. The Hall–Kier alpha value is -0.330. The standard InChI is InChI=1S/C24H45IO4/c1-4-6-8-9-10-14-18-21(17-13-7-5-2)29-23(28)24(3,22(26)27)19-15-11-12-16-20-25/h21H,4-20H2,1-3H3,(H,26,27). The van der Waals surface area contributed by atoms with E-state index in [9.17, 15) is 14.7 Å². The van der Waals surface area contributed by atoms with E-state index in [2.05, 4.69) is 36.4 Å². The number of halogens is 1. The molecule has 29 heavy (non-hydrogen) atoms. The molecular formula is C24H45IO4. The minimum absolute atomic E-state index is 0.141. The van der Waals surface area contributed by atoms with Gasteiger partial charge in [-0.1, -0.05) is 101 Å². The molecule has 0 radical (unpaired) electrons. The van der Waals surface area contributed by atoms with Crippen molar-refractivity contribution in [3.8, 4) is 0 Å². The van der Waals surface area contributed by atoms with Crippen LogP contribution in [0.1, 0.15) is 124 Å². The van der Waals surface area contributed by atoms with Gasteiger partial charge in [-0.05, 0) is 49.9 Å². The topological polar surface area (TPSA) is 63.6 Å². The Labute approximate surface area is 193 Å². The average Bonchev–Trinajstić information content (AvgIpc) is 2.69. The molecule has 0 aliphatic carbocycles. The minimum Gasteiger partial charge on any atom is -0.480 e. The van der Waals surface area contributed by atoms with E-state index in [1.807, 2.05) is 0 Å². The fourth-order valence-electron chi connectivity index (χ4n) is 3.54. The molecule has 1 N–H and O–H groups in total. The maximum atomic E-state index is 12.8. The number of carboxylic acid groups (broad SMARTS) is 1. The van der Waals surface area contributed by atoms with Crippen LogP contribution in [0.3, 0.4) is 0 Å². The Bertz CT molecular complexity index is 427. The highest BCUT2D eigenvalue weighted by atomic mass is 127. The van der Waals surface area contributed by atoms with E-state index in [-0.39, 0.29) is 6.10 Å². The molecule has 0 fully saturated rings. The van der Waals surface area contributed by atoms with Crippen LogP contribution in [0, 0.1) is 5.41 Å². The number of hydrogen-bond acceptors (Lipinski definition) is 3. The number of aliphatic carboxylic acids is 1. The molecule has 0 rings (SSSR count). The number of ether oxygens (including phenoxy) is 1. The summed E-state index contributed by atoms with van der Waals surface area (Å²) < 4.78 is 6.93. The summed E-state index contributed by atoms with van der Waals surface area (Å²) in [6, 6.07) is 0. The Morgan fingerprint density at radius 2 is 1.31 bits per heavy atom. The van der Waals surface area contributed by atoms with E-state index in [4.69, 9.17) is 4.74 Å². The second-order valence-corrected chi connectivity index (χ2v) is 9.65. The summed E-state index contributed by atoms with van der Waals surface area (Å²) in [7, 11) is 0. The third kappa shape index (κ3) is 13.6. The second-order valence-electron chi connectivity index (χ2n) is 8.57. The molecule has 4 nitrogen and oxygen atoms in total. The van der Waals surface area contributed by atoms with Crippen LogP contribution >= 0.6 is 22.6 Å². The Kier molecular flexibility index (Phi) is 18.2. The van der Waals surface area contributed by atoms with E-state index in [0.29, 0.717) is 6.42 Å². The molecule has 2 atom stereocenters. The molecular weight excluding hydrogens is 479 g/mol. The zero-order chi connectivity index (χ0) is 22.0. The summed E-state index contributed by atoms with van der Waals surface area (Å²) in [4.78, 5) is 24.7. The van der Waals surface area contributed by atoms with E-state index < -0.39 is 17.4 Å². The molecule has 0 aromatic carbocycles. The first-order valence-electron chi connectivity index (χ1n) is 11.9. The largest absolute Gasteiger partial charge is 0.480 e. The van der Waals surface area contributed by atoms with Gasteiger partial charge in [-0.2, -0.15) is 0 Å². The number of carbonyl (C=O) groups is 2. The molecule has 0 saturated heterocycles. The first-order valence-corrected chi connectivity index (χ1v) is 13.4. The molecule has 0 heterocycles. The Morgan fingerprint density at radius 3 is 1.90 bits per heavy atom. The van der Waals surface area contributed by atoms with Crippen molar-refractivity contribution in [1.29, 1.82) is 0 Å². The maximum absolute atomic E-state index is 12.8. The summed E-state index contributed by atoms with van der Waals surface area (Å²) in [6.07, 6.45) is 16.4. The van der Waals surface area contributed by atoms with Crippen molar-refractivity contribution in [3.05, 3.63) is 0 Å². The summed E-state index contributed by atoms with van der Waals surface area (Å²) >= 11 is 2.35. The van der Waals surface area contributed by atoms with Crippen LogP contribution in [0.4, 0.5) is 0 Å². The summed E-state index contributed by atoms with van der Waals surface area (Å²) in [5.41, 5.74) is -1.42. The van der Waals surface area contributed by atoms with Crippen molar-refractivity contribution < 1.29 is 19.4 Å². The normalized spacial score (nSPS) is 14.3. The second kappa shape index (κ2) is 18.4. The van der Waals surface area contributed by atoms with Crippen LogP contribution in [-0.4, -0.2) is 27.6 Å². The monoisotopic (exact) mass is 524 g/mol. The number of unbranched alkanes of at least 4 members (excludes halogenated alkanes) is 10. The number of esters is 1. The van der Waals surface area contributed by atoms with Gasteiger partial charge in [0, 0.05) is 0 Å². The quantitative estimate of drug-likeness (QED) is 0.0583. The van der Waals surface area contributed by atoms with Gasteiger partial charge in [-0.15, -0.1) is 0 Å². The molecule has 0 spiro atoms. The molecule has 0 aromatic rings. The number of alkyl halides is 1. The molecule has 0 saturated carbocycles. The summed E-state index contributed by atoms with van der Waals surface area (Å²) in [5, 5.41) is 9.73. The first-order chi connectivity index (χ1) is 13.9. The molecule has 0 bridgehead atoms. The van der Waals surface area contributed by atoms with Crippen molar-refractivity contribution >= 4 is 34.5 Å². The van der Waals surface area contributed by atoms with Crippen LogP contribution in [0.25, 0.3) is 0 Å². The van der Waals surface area contributed by atoms with E-state index in [0.717, 1.165) is 75.1 Å². The number of hydrogen-bond donors (Lipinski definition) is 1. The third-order valence-electron chi connectivity index (χ3n) is 5.77. The van der Waals surface area contributed by atoms with Gasteiger partial charge in [0.15, 0.2) is 5.41 Å². The predicted molar refractivity (Wildman–Crippen MR) is 130 cm³/mol. The minimum atomic E-state index is -1.42. The van der Waals surface area contributed by atoms with Crippen molar-refractivity contribution in [2.45, 2.75) is 130 Å². The van der Waals surface area contributed by atoms with Gasteiger partial charge in [0.2, 0.25) is 0 Å². The van der Waals surface area contributed by atoms with Crippen LogP contribution in [0.2, 0.25) is 0 Å². The SMILES string of the molecule is CCCCCCCCC(CCCCC)OC(=O)C(C)(CCCCCCI)C(=O)O. The fraction of sp³-hybridized carbons (Fsp3) is 0.917. The van der Waals surface area contributed by atoms with Crippen LogP contribution in [-0.2, 0) is 14.3 Å². The molecule has 0 aromatic heterocycles. The lowest BCUT2D eigenvalue weighted by Gasteiger charge is -2.26. The van der Waals surface area contributed by atoms with Crippen LogP contribution in [0.5, 0.6) is 0 Å². The Morgan fingerprint density at radius 1 is 0.828 bits per heavy atom. The maximum Gasteiger partial charge on any atom is 0.323 e. The van der Waals surface area contributed by atoms with E-state index in [1.54, 1.807) is 6.92 Å². The lowest BCUT2D eigenvalue weighted by molar-refractivity contribution is -0.172. The molecule has 5 heteroatoms. The molecule has 0 aliphatic heterocycles. The van der Waals surface area contributed by atoms with Gasteiger partial charge in [-0.3, -0.25) is 9.59 Å². The van der Waals surface area contributed by atoms with Gasteiger partial charge in [0.05, 0.1) is 0 Å².